The van der Waals surface area contributed by atoms with Gasteiger partial charge in [0.25, 0.3) is 0 Å². The van der Waals surface area contributed by atoms with Crippen LogP contribution in [-0.4, -0.2) is 4.98 Å². The van der Waals surface area contributed by atoms with Gasteiger partial charge < -0.3 is 0 Å². The molecule has 0 N–H and O–H groups in total. The van der Waals surface area contributed by atoms with E-state index in [1.807, 2.05) is 30.5 Å². The lowest BCUT2D eigenvalue weighted by Gasteiger charge is -2.04. The van der Waals surface area contributed by atoms with Crippen LogP contribution < -0.4 is 0 Å². The number of aryl methyl sites for hydroxylation is 3. The molecule has 152 valence electrons. The molecule has 1 heterocycles. The van der Waals surface area contributed by atoms with Crippen LogP contribution in [0.25, 0.3) is 10.8 Å². The average molecular weight is 406 g/mol. The van der Waals surface area contributed by atoms with E-state index in [2.05, 4.69) is 59.8 Å². The normalized spacial score (nSPS) is 10.5. The largest absolute Gasteiger partial charge is 0.261 e. The number of hydrogen-bond acceptors (Lipinski definition) is 1. The second-order valence-corrected chi connectivity index (χ2v) is 7.64. The Morgan fingerprint density at radius 3 is 2.23 bits per heavy atom. The first-order valence-corrected chi connectivity index (χ1v) is 10.5. The summed E-state index contributed by atoms with van der Waals surface area (Å²) in [5, 5.41) is 1.88. The third kappa shape index (κ3) is 5.68. The summed E-state index contributed by atoms with van der Waals surface area (Å²) < 4.78 is 13.3. The maximum Gasteiger partial charge on any atom is 0.123 e. The number of hydrogen-bond donors (Lipinski definition) is 0. The smallest absolute Gasteiger partial charge is 0.123 e. The van der Waals surface area contributed by atoms with Crippen LogP contribution in [0.1, 0.15) is 34.4 Å². The molecule has 0 fully saturated rings. The number of allylic oxidation sites excluding steroid dienone is 1. The van der Waals surface area contributed by atoms with Gasteiger partial charge in [0.15, 0.2) is 0 Å². The Morgan fingerprint density at radius 2 is 1.45 bits per heavy atom. The van der Waals surface area contributed by atoms with Crippen LogP contribution in [0.4, 0.5) is 4.39 Å². The number of pyridine rings is 1. The summed E-state index contributed by atoms with van der Waals surface area (Å²) in [6, 6.07) is 23.3. The Morgan fingerprint density at radius 1 is 0.742 bits per heavy atom. The van der Waals surface area contributed by atoms with Crippen LogP contribution in [-0.2, 0) is 19.3 Å². The van der Waals surface area contributed by atoms with Crippen molar-refractivity contribution in [3.8, 4) is 11.8 Å². The lowest BCUT2D eigenvalue weighted by Crippen LogP contribution is -1.96. The van der Waals surface area contributed by atoms with E-state index in [1.165, 1.54) is 23.3 Å². The van der Waals surface area contributed by atoms with Crippen LogP contribution >= 0.6 is 0 Å². The highest BCUT2D eigenvalue weighted by Gasteiger charge is 2.00. The zero-order valence-corrected chi connectivity index (χ0v) is 17.4. The Bertz CT molecular complexity index is 1240. The zero-order chi connectivity index (χ0) is 21.5. The highest BCUT2D eigenvalue weighted by Crippen LogP contribution is 2.17. The number of halogens is 1. The fraction of sp³-hybridized carbons (Fsp3) is 0.138. The Labute approximate surface area is 183 Å². The van der Waals surface area contributed by atoms with Crippen molar-refractivity contribution < 1.29 is 4.39 Å². The highest BCUT2D eigenvalue weighted by molar-refractivity contribution is 5.83. The van der Waals surface area contributed by atoms with Crippen LogP contribution in [0.15, 0.2) is 91.6 Å². The van der Waals surface area contributed by atoms with Crippen LogP contribution in [0, 0.1) is 17.7 Å². The fourth-order valence-corrected chi connectivity index (χ4v) is 3.49. The quantitative estimate of drug-likeness (QED) is 0.258. The van der Waals surface area contributed by atoms with Gasteiger partial charge >= 0.3 is 0 Å². The fourth-order valence-electron chi connectivity index (χ4n) is 3.49. The third-order valence-corrected chi connectivity index (χ3v) is 5.30. The molecule has 31 heavy (non-hydrogen) atoms. The molecule has 0 unspecified atom stereocenters. The molecule has 2 heteroatoms. The van der Waals surface area contributed by atoms with E-state index >= 15 is 0 Å². The number of aromatic nitrogens is 1. The summed E-state index contributed by atoms with van der Waals surface area (Å²) in [5.74, 6) is 6.20. The van der Waals surface area contributed by atoms with Gasteiger partial charge in [-0.15, -0.1) is 6.58 Å². The summed E-state index contributed by atoms with van der Waals surface area (Å²) in [7, 11) is 0. The van der Waals surface area contributed by atoms with Gasteiger partial charge in [0.05, 0.1) is 0 Å². The zero-order valence-electron chi connectivity index (χ0n) is 17.4. The Hall–Kier alpha value is -3.70. The van der Waals surface area contributed by atoms with E-state index < -0.39 is 0 Å². The molecule has 0 atom stereocenters. The first kappa shape index (κ1) is 20.6. The molecule has 4 aromatic rings. The van der Waals surface area contributed by atoms with Crippen molar-refractivity contribution in [2.24, 2.45) is 0 Å². The molecule has 0 aliphatic rings. The standard InChI is InChI=1S/C29H24FN/c1-2-3-4-25-13-18-29(31-21-25)17-12-23-7-5-22(6-8-23)9-10-24-11-14-27-20-28(30)16-15-26(27)19-24/h2,5-8,11,13-16,18-21H,1,3-4,12,17H2. The molecule has 1 nitrogen and oxygen atoms in total. The summed E-state index contributed by atoms with van der Waals surface area (Å²) in [4.78, 5) is 4.58. The van der Waals surface area contributed by atoms with Crippen molar-refractivity contribution in [2.45, 2.75) is 25.7 Å². The third-order valence-electron chi connectivity index (χ3n) is 5.30. The molecule has 0 amide bonds. The minimum atomic E-state index is -0.220. The van der Waals surface area contributed by atoms with Crippen molar-refractivity contribution in [2.75, 3.05) is 0 Å². The molecule has 0 saturated carbocycles. The molecule has 3 aromatic carbocycles. The maximum absolute atomic E-state index is 13.3. The monoisotopic (exact) mass is 405 g/mol. The SMILES string of the molecule is C=CCCc1ccc(CCc2ccc(C#Cc3ccc4cc(F)ccc4c3)cc2)nc1. The number of nitrogens with zero attached hydrogens (tertiary/aromatic N) is 1. The van der Waals surface area contributed by atoms with Gasteiger partial charge in [-0.25, -0.2) is 4.39 Å². The van der Waals surface area contributed by atoms with Crippen LogP contribution in [0.5, 0.6) is 0 Å². The predicted molar refractivity (Wildman–Crippen MR) is 126 cm³/mol. The van der Waals surface area contributed by atoms with Crippen molar-refractivity contribution in [1.82, 2.24) is 4.98 Å². The number of rotatable bonds is 6. The molecule has 4 rings (SSSR count). The van der Waals surface area contributed by atoms with Crippen LogP contribution in [0.3, 0.4) is 0 Å². The van der Waals surface area contributed by atoms with Gasteiger partial charge in [-0.05, 0) is 90.0 Å². The van der Waals surface area contributed by atoms with Crippen molar-refractivity contribution in [1.29, 1.82) is 0 Å². The summed E-state index contributed by atoms with van der Waals surface area (Å²) in [5.41, 5.74) is 5.54. The Kier molecular flexibility index (Phi) is 6.55. The van der Waals surface area contributed by atoms with E-state index in [-0.39, 0.29) is 5.82 Å². The van der Waals surface area contributed by atoms with E-state index in [1.54, 1.807) is 6.07 Å². The molecule has 0 aliphatic heterocycles. The minimum absolute atomic E-state index is 0.220. The molecule has 0 spiro atoms. The van der Waals surface area contributed by atoms with E-state index in [4.69, 9.17) is 0 Å². The molecule has 0 bridgehead atoms. The maximum atomic E-state index is 13.3. The van der Waals surface area contributed by atoms with Crippen molar-refractivity contribution >= 4 is 10.8 Å². The highest BCUT2D eigenvalue weighted by atomic mass is 19.1. The lowest BCUT2D eigenvalue weighted by atomic mass is 10.0. The first-order chi connectivity index (χ1) is 15.2. The van der Waals surface area contributed by atoms with Gasteiger partial charge in [0.1, 0.15) is 5.82 Å². The first-order valence-electron chi connectivity index (χ1n) is 10.5. The molecular weight excluding hydrogens is 381 g/mol. The van der Waals surface area contributed by atoms with Crippen LogP contribution in [0.2, 0.25) is 0 Å². The van der Waals surface area contributed by atoms with Crippen molar-refractivity contribution in [3.63, 3.8) is 0 Å². The van der Waals surface area contributed by atoms with E-state index in [9.17, 15) is 4.39 Å². The van der Waals surface area contributed by atoms with Gasteiger partial charge in [-0.2, -0.15) is 0 Å². The predicted octanol–water partition coefficient (Wildman–Crippen LogP) is 6.68. The summed E-state index contributed by atoms with van der Waals surface area (Å²) >= 11 is 0. The van der Waals surface area contributed by atoms with E-state index in [0.29, 0.717) is 0 Å². The van der Waals surface area contributed by atoms with Gasteiger partial charge in [-0.3, -0.25) is 4.98 Å². The average Bonchev–Trinajstić information content (AvgIpc) is 2.81. The van der Waals surface area contributed by atoms with Gasteiger partial charge in [-0.1, -0.05) is 48.2 Å². The number of benzene rings is 3. The second kappa shape index (κ2) is 9.87. The summed E-state index contributed by atoms with van der Waals surface area (Å²) in [6.07, 6.45) is 7.76. The Balaban J connectivity index is 1.36. The van der Waals surface area contributed by atoms with Gasteiger partial charge in [0, 0.05) is 23.0 Å². The van der Waals surface area contributed by atoms with Gasteiger partial charge in [0.2, 0.25) is 0 Å². The topological polar surface area (TPSA) is 12.9 Å². The lowest BCUT2D eigenvalue weighted by molar-refractivity contribution is 0.630. The van der Waals surface area contributed by atoms with Crippen molar-refractivity contribution in [3.05, 3.63) is 125 Å². The molecule has 0 aliphatic carbocycles. The second-order valence-electron chi connectivity index (χ2n) is 7.64. The minimum Gasteiger partial charge on any atom is -0.261 e. The number of fused-ring (bicyclic) bond motifs is 1. The molecule has 0 saturated heterocycles. The summed E-state index contributed by atoms with van der Waals surface area (Å²) in [6.45, 7) is 3.76. The molecule has 1 aromatic heterocycles. The molecular formula is C29H24FN. The molecule has 0 radical (unpaired) electrons. The van der Waals surface area contributed by atoms with E-state index in [0.717, 1.165) is 53.3 Å².